The Hall–Kier alpha value is -1.07. The van der Waals surface area contributed by atoms with Crippen LogP contribution in [0.1, 0.15) is 11.8 Å². The minimum absolute atomic E-state index is 0.0450. The lowest BCUT2D eigenvalue weighted by molar-refractivity contribution is -0.140. The highest BCUT2D eigenvalue weighted by Gasteiger charge is 2.59. The van der Waals surface area contributed by atoms with Crippen LogP contribution in [0.5, 0.6) is 0 Å². The summed E-state index contributed by atoms with van der Waals surface area (Å²) in [5.74, 6) is -3.64. The molecule has 0 spiro atoms. The summed E-state index contributed by atoms with van der Waals surface area (Å²) >= 11 is 1.80. The largest absolute Gasteiger partial charge is 0.384 e. The van der Waals surface area contributed by atoms with E-state index in [0.717, 1.165) is 12.3 Å². The van der Waals surface area contributed by atoms with Crippen LogP contribution < -0.4 is 11.2 Å². The maximum absolute atomic E-state index is 14.0. The molecule has 2 heterocycles. The normalized spacial score (nSPS) is 28.5. The maximum Gasteiger partial charge on any atom is 0.330 e. The molecule has 1 aromatic heterocycles. The van der Waals surface area contributed by atoms with Crippen molar-refractivity contribution in [3.63, 3.8) is 0 Å². The zero-order valence-corrected chi connectivity index (χ0v) is 12.2. The van der Waals surface area contributed by atoms with E-state index in [0.29, 0.717) is 4.57 Å². The molecule has 110 valence electrons. The van der Waals surface area contributed by atoms with E-state index in [2.05, 4.69) is 6.58 Å². The van der Waals surface area contributed by atoms with Gasteiger partial charge in [-0.3, -0.25) is 14.3 Å². The number of hydrogen-bond acceptors (Lipinski definition) is 4. The lowest BCUT2D eigenvalue weighted by Crippen LogP contribution is -2.42. The van der Waals surface area contributed by atoms with Gasteiger partial charge in [0, 0.05) is 10.6 Å². The van der Waals surface area contributed by atoms with Gasteiger partial charge in [-0.15, -0.1) is 0 Å². The highest BCUT2D eigenvalue weighted by molar-refractivity contribution is 14.1. The van der Waals surface area contributed by atoms with Crippen LogP contribution in [-0.4, -0.2) is 37.2 Å². The summed E-state index contributed by atoms with van der Waals surface area (Å²) in [6.07, 6.45) is -3.01. The molecule has 2 N–H and O–H groups in total. The molecular formula is C11H11F2IN2O4. The van der Waals surface area contributed by atoms with E-state index in [1.54, 1.807) is 22.6 Å². The predicted molar refractivity (Wildman–Crippen MR) is 75.2 cm³/mol. The van der Waals surface area contributed by atoms with Crippen LogP contribution in [-0.2, 0) is 4.74 Å². The number of aromatic nitrogens is 2. The molecule has 20 heavy (non-hydrogen) atoms. The number of rotatable bonds is 3. The third kappa shape index (κ3) is 2.33. The van der Waals surface area contributed by atoms with Gasteiger partial charge < -0.3 is 9.84 Å². The van der Waals surface area contributed by atoms with Gasteiger partial charge in [0.1, 0.15) is 12.2 Å². The van der Waals surface area contributed by atoms with E-state index in [1.165, 1.54) is 0 Å². The minimum atomic E-state index is -3.64. The second-order valence-corrected chi connectivity index (χ2v) is 5.14. The van der Waals surface area contributed by atoms with Crippen LogP contribution in [0.15, 0.2) is 22.4 Å². The highest BCUT2D eigenvalue weighted by Crippen LogP contribution is 2.42. The lowest BCUT2D eigenvalue weighted by atomic mass is 10.1. The van der Waals surface area contributed by atoms with Crippen molar-refractivity contribution in [2.75, 3.05) is 4.43 Å². The van der Waals surface area contributed by atoms with E-state index < -0.39 is 35.6 Å². The Morgan fingerprint density at radius 1 is 1.60 bits per heavy atom. The quantitative estimate of drug-likeness (QED) is 0.572. The van der Waals surface area contributed by atoms with Crippen LogP contribution in [0.2, 0.25) is 0 Å². The summed E-state index contributed by atoms with van der Waals surface area (Å²) < 4.78 is 33.7. The second-order valence-electron chi connectivity index (χ2n) is 4.26. The van der Waals surface area contributed by atoms with E-state index in [-0.39, 0.29) is 9.99 Å². The van der Waals surface area contributed by atoms with Crippen LogP contribution in [0.3, 0.4) is 0 Å². The van der Waals surface area contributed by atoms with E-state index >= 15 is 0 Å². The summed E-state index contributed by atoms with van der Waals surface area (Å²) in [6.45, 7) is 3.36. The molecule has 0 aliphatic carbocycles. The molecule has 1 aliphatic heterocycles. The second kappa shape index (κ2) is 5.37. The topological polar surface area (TPSA) is 84.3 Å². The van der Waals surface area contributed by atoms with Crippen molar-refractivity contribution < 1.29 is 18.6 Å². The van der Waals surface area contributed by atoms with Crippen molar-refractivity contribution in [3.8, 4) is 0 Å². The smallest absolute Gasteiger partial charge is 0.330 e. The van der Waals surface area contributed by atoms with Gasteiger partial charge in [-0.05, 0) is 0 Å². The Balaban J connectivity index is 2.54. The average molecular weight is 400 g/mol. The van der Waals surface area contributed by atoms with Gasteiger partial charge in [-0.1, -0.05) is 35.2 Å². The number of H-pyrrole nitrogens is 1. The number of alkyl halides is 3. The van der Waals surface area contributed by atoms with Crippen molar-refractivity contribution in [1.82, 2.24) is 9.55 Å². The Morgan fingerprint density at radius 2 is 2.25 bits per heavy atom. The fourth-order valence-electron chi connectivity index (χ4n) is 1.92. The fraction of sp³-hybridized carbons (Fsp3) is 0.455. The lowest BCUT2D eigenvalue weighted by Gasteiger charge is -2.21. The Labute approximate surface area is 125 Å². The Bertz CT molecular complexity index is 642. The fourth-order valence-corrected chi connectivity index (χ4v) is 2.61. The van der Waals surface area contributed by atoms with E-state index in [1.807, 2.05) is 4.98 Å². The Kier molecular flexibility index (Phi) is 4.12. The number of halogens is 3. The molecule has 2 rings (SSSR count). The molecule has 0 radical (unpaired) electrons. The number of ether oxygens (including phenoxy) is 1. The van der Waals surface area contributed by atoms with Gasteiger partial charge in [0.25, 0.3) is 5.56 Å². The van der Waals surface area contributed by atoms with Gasteiger partial charge in [0.15, 0.2) is 0 Å². The van der Waals surface area contributed by atoms with Crippen molar-refractivity contribution in [1.29, 1.82) is 0 Å². The molecule has 0 saturated carbocycles. The minimum Gasteiger partial charge on any atom is -0.384 e. The number of aliphatic hydroxyl groups excluding tert-OH is 1. The van der Waals surface area contributed by atoms with E-state index in [9.17, 15) is 23.5 Å². The van der Waals surface area contributed by atoms with Gasteiger partial charge >= 0.3 is 11.6 Å². The SMILES string of the molecule is C=Cc1cn([C@@H]2O[C@H](CI)[C@@H](O)C2(F)F)c(=O)[nH]c1=O. The zero-order chi connectivity index (χ0) is 15.1. The summed E-state index contributed by atoms with van der Waals surface area (Å²) in [6, 6.07) is 0. The standard InChI is InChI=1S/C11H11F2IN2O4/c1-2-5-4-16(10(19)15-8(5)18)9-11(12,13)7(17)6(3-14)20-9/h2,4,6-7,9,17H,1,3H2,(H,15,18,19)/t6-,7-,9-/m1/s1. The summed E-state index contributed by atoms with van der Waals surface area (Å²) in [4.78, 5) is 24.9. The molecular weight excluding hydrogens is 389 g/mol. The molecule has 1 aromatic rings. The molecule has 1 aliphatic rings. The molecule has 0 aromatic carbocycles. The van der Waals surface area contributed by atoms with E-state index in [4.69, 9.17) is 4.74 Å². The van der Waals surface area contributed by atoms with Crippen LogP contribution in [0, 0.1) is 0 Å². The first-order valence-corrected chi connectivity index (χ1v) is 7.10. The molecule has 9 heteroatoms. The van der Waals surface area contributed by atoms with Crippen LogP contribution >= 0.6 is 22.6 Å². The highest BCUT2D eigenvalue weighted by atomic mass is 127. The molecule has 0 bridgehead atoms. The van der Waals surface area contributed by atoms with Crippen molar-refractivity contribution in [3.05, 3.63) is 39.2 Å². The predicted octanol–water partition coefficient (Wildman–Crippen LogP) is 0.508. The average Bonchev–Trinajstić information content (AvgIpc) is 2.62. The molecule has 0 unspecified atom stereocenters. The zero-order valence-electron chi connectivity index (χ0n) is 10.1. The van der Waals surface area contributed by atoms with Crippen molar-refractivity contribution >= 4 is 28.7 Å². The first kappa shape index (κ1) is 15.3. The van der Waals surface area contributed by atoms with Crippen molar-refractivity contribution in [2.24, 2.45) is 0 Å². The van der Waals surface area contributed by atoms with Gasteiger partial charge in [0.2, 0.25) is 6.23 Å². The van der Waals surface area contributed by atoms with Gasteiger partial charge in [0.05, 0.1) is 5.56 Å². The molecule has 0 amide bonds. The van der Waals surface area contributed by atoms with Crippen LogP contribution in [0.4, 0.5) is 8.78 Å². The summed E-state index contributed by atoms with van der Waals surface area (Å²) in [5, 5.41) is 9.53. The number of aromatic amines is 1. The third-order valence-electron chi connectivity index (χ3n) is 3.00. The molecule has 1 fully saturated rings. The first-order chi connectivity index (χ1) is 9.32. The summed E-state index contributed by atoms with van der Waals surface area (Å²) in [7, 11) is 0. The van der Waals surface area contributed by atoms with Crippen molar-refractivity contribution in [2.45, 2.75) is 24.4 Å². The maximum atomic E-state index is 14.0. The van der Waals surface area contributed by atoms with Gasteiger partial charge in [-0.25, -0.2) is 4.79 Å². The number of nitrogens with zero attached hydrogens (tertiary/aromatic N) is 1. The molecule has 6 nitrogen and oxygen atoms in total. The monoisotopic (exact) mass is 400 g/mol. The van der Waals surface area contributed by atoms with Gasteiger partial charge in [-0.2, -0.15) is 8.78 Å². The first-order valence-electron chi connectivity index (χ1n) is 5.58. The van der Waals surface area contributed by atoms with Crippen LogP contribution in [0.25, 0.3) is 6.08 Å². The summed E-state index contributed by atoms with van der Waals surface area (Å²) in [5.41, 5.74) is -1.81. The number of nitrogens with one attached hydrogen (secondary N) is 1. The third-order valence-corrected chi connectivity index (χ3v) is 3.87. The number of aliphatic hydroxyl groups is 1. The molecule has 1 saturated heterocycles. The number of hydrogen-bond donors (Lipinski definition) is 2. The molecule has 3 atom stereocenters. The Morgan fingerprint density at radius 3 is 2.75 bits per heavy atom.